The van der Waals surface area contributed by atoms with E-state index in [4.69, 9.17) is 18.3 Å². The van der Waals surface area contributed by atoms with Crippen molar-refractivity contribution < 1.29 is 23.1 Å². The summed E-state index contributed by atoms with van der Waals surface area (Å²) in [6, 6.07) is 20.5. The van der Waals surface area contributed by atoms with E-state index in [1.54, 1.807) is 0 Å². The Hall–Kier alpha value is -1.93. The number of carbonyl (C=O) groups excluding carboxylic acids is 1. The van der Waals surface area contributed by atoms with Crippen LogP contribution in [0.15, 0.2) is 69.5 Å². The van der Waals surface area contributed by atoms with Crippen LogP contribution in [-0.2, 0) is 12.8 Å². The quantitative estimate of drug-likeness (QED) is 0.0495. The molecule has 320 valence electrons. The first-order valence-corrected chi connectivity index (χ1v) is 25.7. The smallest absolute Gasteiger partial charge is 0.194 e. The maximum absolute atomic E-state index is 16.0. The minimum Gasteiger partial charge on any atom is -0.490 e. The molecule has 6 rings (SSSR count). The van der Waals surface area contributed by atoms with Gasteiger partial charge in [-0.25, -0.2) is 0 Å². The summed E-state index contributed by atoms with van der Waals surface area (Å²) in [6.07, 6.45) is 5.50. The predicted octanol–water partition coefficient (Wildman–Crippen LogP) is 14.3. The number of nitrogens with zero attached hydrogens (tertiary/aromatic N) is 2. The summed E-state index contributed by atoms with van der Waals surface area (Å²) in [4.78, 5) is 20.7. The Morgan fingerprint density at radius 3 is 1.32 bits per heavy atom. The van der Waals surface area contributed by atoms with Crippen LogP contribution in [0.1, 0.15) is 94.7 Å². The van der Waals surface area contributed by atoms with E-state index in [1.807, 2.05) is 36.4 Å². The molecule has 0 aliphatic carbocycles. The van der Waals surface area contributed by atoms with Gasteiger partial charge in [-0.2, -0.15) is 0 Å². The summed E-state index contributed by atoms with van der Waals surface area (Å²) in [5.41, 5.74) is 6.52. The molecule has 0 aliphatic heterocycles. The first-order valence-electron chi connectivity index (χ1n) is 21.4. The van der Waals surface area contributed by atoms with Crippen molar-refractivity contribution in [1.82, 2.24) is 9.80 Å². The van der Waals surface area contributed by atoms with Gasteiger partial charge in [0.25, 0.3) is 0 Å². The van der Waals surface area contributed by atoms with E-state index in [2.05, 4.69) is 166 Å². The number of ether oxygens (including phenoxy) is 2. The Balaban J connectivity index is 1.63. The van der Waals surface area contributed by atoms with Crippen molar-refractivity contribution in [3.8, 4) is 33.8 Å². The molecule has 0 amide bonds. The molecule has 0 aliphatic rings. The highest BCUT2D eigenvalue weighted by molar-refractivity contribution is 14.1. The predicted molar refractivity (Wildman–Crippen MR) is 281 cm³/mol. The molecule has 0 N–H and O–H groups in total. The van der Waals surface area contributed by atoms with Gasteiger partial charge in [0.2, 0.25) is 0 Å². The first kappa shape index (κ1) is 47.5. The van der Waals surface area contributed by atoms with Crippen LogP contribution in [0.5, 0.6) is 11.5 Å². The van der Waals surface area contributed by atoms with E-state index >= 15 is 4.79 Å². The van der Waals surface area contributed by atoms with Crippen LogP contribution in [0.2, 0.25) is 0 Å². The van der Waals surface area contributed by atoms with Gasteiger partial charge in [0.15, 0.2) is 5.78 Å². The number of rotatable bonds is 22. The van der Waals surface area contributed by atoms with E-state index in [0.717, 1.165) is 159 Å². The average Bonchev–Trinajstić information content (AvgIpc) is 3.81. The lowest BCUT2D eigenvalue weighted by Crippen LogP contribution is -2.28. The zero-order chi connectivity index (χ0) is 42.9. The third kappa shape index (κ3) is 10.4. The number of ketones is 1. The van der Waals surface area contributed by atoms with Crippen molar-refractivity contribution in [2.75, 3.05) is 52.5 Å². The largest absolute Gasteiger partial charge is 0.490 e. The molecule has 0 saturated heterocycles. The van der Waals surface area contributed by atoms with Crippen LogP contribution in [-0.4, -0.2) is 68.1 Å². The maximum atomic E-state index is 16.0. The van der Waals surface area contributed by atoms with Gasteiger partial charge >= 0.3 is 0 Å². The summed E-state index contributed by atoms with van der Waals surface area (Å²) < 4.78 is 30.3. The highest BCUT2D eigenvalue weighted by atomic mass is 127. The second-order valence-corrected chi connectivity index (χ2v) is 19.4. The fraction of sp³-hybridized carbons (Fsp3) is 0.408. The Labute approximate surface area is 410 Å². The molecule has 0 unspecified atom stereocenters. The lowest BCUT2D eigenvalue weighted by molar-refractivity contribution is 0.103. The second-order valence-electron chi connectivity index (χ2n) is 14.9. The minimum atomic E-state index is -0.0607. The number of unbranched alkanes of at least 4 members (excludes halogenated alkanes) is 2. The van der Waals surface area contributed by atoms with Crippen LogP contribution in [0.3, 0.4) is 0 Å². The Bertz CT molecular complexity index is 2250. The van der Waals surface area contributed by atoms with Gasteiger partial charge in [0, 0.05) is 70.1 Å². The fourth-order valence-corrected chi connectivity index (χ4v) is 12.4. The van der Waals surface area contributed by atoms with Crippen LogP contribution >= 0.6 is 90.4 Å². The highest BCUT2D eigenvalue weighted by Gasteiger charge is 2.32. The summed E-state index contributed by atoms with van der Waals surface area (Å²) in [6.45, 7) is 19.7. The van der Waals surface area contributed by atoms with Crippen molar-refractivity contribution in [3.63, 3.8) is 0 Å². The van der Waals surface area contributed by atoms with Crippen molar-refractivity contribution in [3.05, 3.63) is 97.6 Å². The van der Waals surface area contributed by atoms with Crippen LogP contribution < -0.4 is 9.47 Å². The number of carbonyl (C=O) groups is 1. The molecule has 4 aromatic carbocycles. The lowest BCUT2D eigenvalue weighted by Gasteiger charge is -2.23. The Kier molecular flexibility index (Phi) is 17.9. The molecule has 6 aromatic rings. The molecular formula is C49H56I4N2O5. The second kappa shape index (κ2) is 22.6. The first-order chi connectivity index (χ1) is 29.1. The monoisotopic (exact) mass is 1260 g/mol. The molecule has 2 aromatic heterocycles. The Morgan fingerprint density at radius 2 is 0.950 bits per heavy atom. The molecule has 60 heavy (non-hydrogen) atoms. The molecular weight excluding hydrogens is 1200 g/mol. The van der Waals surface area contributed by atoms with Gasteiger partial charge < -0.3 is 28.1 Å². The Morgan fingerprint density at radius 1 is 0.567 bits per heavy atom. The standard InChI is InChI=1S/C49H56I4N2O5/c1-7-13-21-39-41(31-19-15-17-23-37(31)59-39)43-33(29-35(50)48(45(43)52)57-27-25-54(9-3)10-4)47(56)34-30-36(51)49(58-28-26-55(11-5)12-6)46(53)44(34)42-32-20-16-18-24-38(32)60-40(42)22-14-8-2/h15-20,23-24,29-30H,7-14,21-22,25-28H2,1-6H3. The molecule has 0 bridgehead atoms. The molecule has 0 spiro atoms. The number of para-hydroxylation sites is 2. The fourth-order valence-electron chi connectivity index (χ4n) is 7.86. The zero-order valence-corrected chi connectivity index (χ0v) is 44.3. The number of benzene rings is 4. The van der Waals surface area contributed by atoms with Crippen molar-refractivity contribution in [2.45, 2.75) is 80.1 Å². The van der Waals surface area contributed by atoms with Crippen molar-refractivity contribution in [1.29, 1.82) is 0 Å². The van der Waals surface area contributed by atoms with E-state index in [-0.39, 0.29) is 5.78 Å². The minimum absolute atomic E-state index is 0.0607. The number of hydrogen-bond donors (Lipinski definition) is 0. The summed E-state index contributed by atoms with van der Waals surface area (Å²) in [7, 11) is 0. The summed E-state index contributed by atoms with van der Waals surface area (Å²) in [5, 5.41) is 1.99. The maximum Gasteiger partial charge on any atom is 0.194 e. The van der Waals surface area contributed by atoms with Gasteiger partial charge in [-0.1, -0.05) is 90.8 Å². The van der Waals surface area contributed by atoms with Crippen molar-refractivity contribution >= 4 is 118 Å². The van der Waals surface area contributed by atoms with Gasteiger partial charge in [-0.3, -0.25) is 4.79 Å². The molecule has 0 radical (unpaired) electrons. The topological polar surface area (TPSA) is 68.3 Å². The third-order valence-electron chi connectivity index (χ3n) is 11.3. The number of halogens is 4. The average molecular weight is 1260 g/mol. The van der Waals surface area contributed by atoms with Gasteiger partial charge in [-0.05, 0) is 154 Å². The van der Waals surface area contributed by atoms with Gasteiger partial charge in [0.1, 0.15) is 47.4 Å². The number of hydrogen-bond acceptors (Lipinski definition) is 7. The van der Waals surface area contributed by atoms with Gasteiger partial charge in [-0.15, -0.1) is 0 Å². The normalized spacial score (nSPS) is 11.8. The highest BCUT2D eigenvalue weighted by Crippen LogP contribution is 2.48. The zero-order valence-electron chi connectivity index (χ0n) is 35.6. The van der Waals surface area contributed by atoms with E-state index in [0.29, 0.717) is 24.3 Å². The molecule has 2 heterocycles. The molecule has 7 nitrogen and oxygen atoms in total. The van der Waals surface area contributed by atoms with Crippen LogP contribution in [0.25, 0.3) is 44.2 Å². The SMILES string of the molecule is CCCCc1oc2ccccc2c1-c1c(C(=O)c2cc(I)c(OCCN(CC)CC)c(I)c2-c2c(CCCC)oc3ccccc23)cc(I)c(OCCN(CC)CC)c1I. The van der Waals surface area contributed by atoms with E-state index in [9.17, 15) is 0 Å². The van der Waals surface area contributed by atoms with Crippen LogP contribution in [0, 0.1) is 14.3 Å². The molecule has 0 saturated carbocycles. The number of likely N-dealkylation sites (N-methyl/N-ethyl adjacent to an activating group) is 2. The number of aryl methyl sites for hydroxylation is 2. The number of furan rings is 2. The molecule has 0 fully saturated rings. The van der Waals surface area contributed by atoms with Crippen LogP contribution in [0.4, 0.5) is 0 Å². The van der Waals surface area contributed by atoms with E-state index in [1.165, 1.54) is 0 Å². The van der Waals surface area contributed by atoms with Gasteiger partial charge in [0.05, 0.1) is 14.3 Å². The van der Waals surface area contributed by atoms with E-state index < -0.39 is 0 Å². The molecule has 0 atom stereocenters. The summed E-state index contributed by atoms with van der Waals surface area (Å²) in [5.74, 6) is 3.32. The number of fused-ring (bicyclic) bond motifs is 2. The summed E-state index contributed by atoms with van der Waals surface area (Å²) >= 11 is 9.57. The van der Waals surface area contributed by atoms with Crippen molar-refractivity contribution in [2.24, 2.45) is 0 Å². The third-order valence-corrected chi connectivity index (χ3v) is 15.0. The lowest BCUT2D eigenvalue weighted by atomic mass is 9.87. The molecule has 11 heteroatoms.